The van der Waals surface area contributed by atoms with Crippen molar-refractivity contribution in [1.29, 1.82) is 0 Å². The van der Waals surface area contributed by atoms with Crippen LogP contribution >= 0.6 is 0 Å². The zero-order valence-corrected chi connectivity index (χ0v) is 14.1. The van der Waals surface area contributed by atoms with Crippen LogP contribution < -0.4 is 10.1 Å². The molecule has 0 bridgehead atoms. The molecule has 3 nitrogen and oxygen atoms in total. The molecule has 1 aromatic carbocycles. The van der Waals surface area contributed by atoms with E-state index >= 15 is 0 Å². The van der Waals surface area contributed by atoms with Gasteiger partial charge in [0.05, 0.1) is 18.8 Å². The fourth-order valence-corrected chi connectivity index (χ4v) is 3.68. The second-order valence-electron chi connectivity index (χ2n) is 6.10. The van der Waals surface area contributed by atoms with Crippen molar-refractivity contribution < 1.29 is 9.47 Å². The molecular weight excluding hydrogens is 262 g/mol. The number of nitrogens with one attached hydrogen (secondary N) is 1. The standard InChI is InChI=1S/C18H29NO2/c1-6-19-17(18(21-5)11-7-8-12-18)15-10-9-13(2)14(3)16(15)20-4/h9-10,17,19H,6-8,11-12H2,1-5H3. The molecule has 0 aliphatic heterocycles. The van der Waals surface area contributed by atoms with E-state index in [1.165, 1.54) is 29.5 Å². The highest BCUT2D eigenvalue weighted by Gasteiger charge is 2.43. The molecule has 0 amide bonds. The predicted octanol–water partition coefficient (Wildman–Crippen LogP) is 3.92. The number of aryl methyl sites for hydroxylation is 1. The van der Waals surface area contributed by atoms with Crippen LogP contribution in [0.25, 0.3) is 0 Å². The van der Waals surface area contributed by atoms with Crippen molar-refractivity contribution in [2.75, 3.05) is 20.8 Å². The molecule has 1 saturated carbocycles. The van der Waals surface area contributed by atoms with Crippen LogP contribution in [0.3, 0.4) is 0 Å². The number of benzene rings is 1. The first kappa shape index (κ1) is 16.3. The minimum absolute atomic E-state index is 0.106. The zero-order valence-electron chi connectivity index (χ0n) is 14.1. The van der Waals surface area contributed by atoms with E-state index in [0.717, 1.165) is 25.1 Å². The molecule has 3 heteroatoms. The summed E-state index contributed by atoms with van der Waals surface area (Å²) in [6.07, 6.45) is 4.69. The topological polar surface area (TPSA) is 30.5 Å². The van der Waals surface area contributed by atoms with Crippen molar-refractivity contribution in [3.8, 4) is 5.75 Å². The second-order valence-corrected chi connectivity index (χ2v) is 6.10. The third-order valence-corrected chi connectivity index (χ3v) is 5.01. The van der Waals surface area contributed by atoms with Gasteiger partial charge in [0.1, 0.15) is 5.75 Å². The molecule has 0 aromatic heterocycles. The average Bonchev–Trinajstić information content (AvgIpc) is 2.97. The molecule has 1 N–H and O–H groups in total. The van der Waals surface area contributed by atoms with Crippen molar-refractivity contribution >= 4 is 0 Å². The summed E-state index contributed by atoms with van der Waals surface area (Å²) in [4.78, 5) is 0. The summed E-state index contributed by atoms with van der Waals surface area (Å²) in [5, 5.41) is 3.65. The summed E-state index contributed by atoms with van der Waals surface area (Å²) >= 11 is 0. The Morgan fingerprint density at radius 3 is 2.38 bits per heavy atom. The van der Waals surface area contributed by atoms with Crippen molar-refractivity contribution in [3.63, 3.8) is 0 Å². The van der Waals surface area contributed by atoms with E-state index in [2.05, 4.69) is 38.2 Å². The summed E-state index contributed by atoms with van der Waals surface area (Å²) in [5.74, 6) is 1.00. The first-order valence-corrected chi connectivity index (χ1v) is 8.02. The Morgan fingerprint density at radius 1 is 1.19 bits per heavy atom. The van der Waals surface area contributed by atoms with Gasteiger partial charge in [-0.05, 0) is 44.4 Å². The van der Waals surface area contributed by atoms with Gasteiger partial charge in [-0.3, -0.25) is 0 Å². The maximum absolute atomic E-state index is 6.02. The Morgan fingerprint density at radius 2 is 1.86 bits per heavy atom. The van der Waals surface area contributed by atoms with Crippen LogP contribution in [0.2, 0.25) is 0 Å². The lowest BCUT2D eigenvalue weighted by molar-refractivity contribution is -0.0369. The molecule has 0 saturated heterocycles. The number of hydrogen-bond donors (Lipinski definition) is 1. The Hall–Kier alpha value is -1.06. The lowest BCUT2D eigenvalue weighted by Gasteiger charge is -2.38. The summed E-state index contributed by atoms with van der Waals surface area (Å²) < 4.78 is 11.8. The summed E-state index contributed by atoms with van der Waals surface area (Å²) in [6.45, 7) is 7.34. The lowest BCUT2D eigenvalue weighted by atomic mass is 9.84. The predicted molar refractivity (Wildman–Crippen MR) is 87.1 cm³/mol. The number of rotatable bonds is 6. The van der Waals surface area contributed by atoms with Gasteiger partial charge in [-0.25, -0.2) is 0 Å². The van der Waals surface area contributed by atoms with E-state index in [4.69, 9.17) is 9.47 Å². The molecule has 21 heavy (non-hydrogen) atoms. The van der Waals surface area contributed by atoms with Crippen molar-refractivity contribution in [1.82, 2.24) is 5.32 Å². The maximum Gasteiger partial charge on any atom is 0.126 e. The van der Waals surface area contributed by atoms with Gasteiger partial charge in [0.25, 0.3) is 0 Å². The van der Waals surface area contributed by atoms with Crippen molar-refractivity contribution in [2.45, 2.75) is 58.1 Å². The molecule has 1 atom stereocenters. The minimum atomic E-state index is -0.106. The molecule has 2 rings (SSSR count). The van der Waals surface area contributed by atoms with Crippen LogP contribution in [-0.4, -0.2) is 26.4 Å². The Balaban J connectivity index is 2.50. The van der Waals surface area contributed by atoms with Crippen LogP contribution in [0.4, 0.5) is 0 Å². The van der Waals surface area contributed by atoms with Gasteiger partial charge in [0.15, 0.2) is 0 Å². The largest absolute Gasteiger partial charge is 0.496 e. The Kier molecular flexibility index (Phi) is 5.28. The minimum Gasteiger partial charge on any atom is -0.496 e. The Labute approximate surface area is 129 Å². The molecule has 1 fully saturated rings. The summed E-state index contributed by atoms with van der Waals surface area (Å²) in [5.41, 5.74) is 3.61. The second kappa shape index (κ2) is 6.80. The first-order valence-electron chi connectivity index (χ1n) is 8.02. The monoisotopic (exact) mass is 291 g/mol. The van der Waals surface area contributed by atoms with Gasteiger partial charge in [-0.2, -0.15) is 0 Å². The van der Waals surface area contributed by atoms with Gasteiger partial charge in [-0.1, -0.05) is 31.9 Å². The molecule has 0 radical (unpaired) electrons. The van der Waals surface area contributed by atoms with Crippen LogP contribution in [0.5, 0.6) is 5.75 Å². The van der Waals surface area contributed by atoms with E-state index in [1.54, 1.807) is 7.11 Å². The molecule has 0 spiro atoms. The normalized spacial score (nSPS) is 18.7. The van der Waals surface area contributed by atoms with Gasteiger partial charge < -0.3 is 14.8 Å². The average molecular weight is 291 g/mol. The number of methoxy groups -OCH3 is 2. The number of ether oxygens (including phenoxy) is 2. The molecule has 118 valence electrons. The molecular formula is C18H29NO2. The van der Waals surface area contributed by atoms with Crippen molar-refractivity contribution in [3.05, 3.63) is 28.8 Å². The van der Waals surface area contributed by atoms with Gasteiger partial charge >= 0.3 is 0 Å². The van der Waals surface area contributed by atoms with Crippen LogP contribution in [-0.2, 0) is 4.74 Å². The van der Waals surface area contributed by atoms with E-state index < -0.39 is 0 Å². The van der Waals surface area contributed by atoms with Gasteiger partial charge in [0.2, 0.25) is 0 Å². The summed E-state index contributed by atoms with van der Waals surface area (Å²) in [7, 11) is 3.62. The lowest BCUT2D eigenvalue weighted by Crippen LogP contribution is -2.43. The third kappa shape index (κ3) is 2.95. The first-order chi connectivity index (χ1) is 10.1. The van der Waals surface area contributed by atoms with Crippen molar-refractivity contribution in [2.24, 2.45) is 0 Å². The van der Waals surface area contributed by atoms with E-state index in [9.17, 15) is 0 Å². The summed E-state index contributed by atoms with van der Waals surface area (Å²) in [6, 6.07) is 4.58. The highest BCUT2D eigenvalue weighted by molar-refractivity contribution is 5.47. The number of hydrogen-bond acceptors (Lipinski definition) is 3. The van der Waals surface area contributed by atoms with E-state index in [0.29, 0.717) is 0 Å². The Bertz CT molecular complexity index is 478. The molecule has 1 aliphatic rings. The fraction of sp³-hybridized carbons (Fsp3) is 0.667. The SMILES string of the molecule is CCNC(c1ccc(C)c(C)c1OC)C1(OC)CCCC1. The maximum atomic E-state index is 6.02. The smallest absolute Gasteiger partial charge is 0.126 e. The number of likely N-dealkylation sites (N-methyl/N-ethyl adjacent to an activating group) is 1. The molecule has 1 aromatic rings. The van der Waals surface area contributed by atoms with Gasteiger partial charge in [0, 0.05) is 12.7 Å². The van der Waals surface area contributed by atoms with Crippen LogP contribution in [0.15, 0.2) is 12.1 Å². The van der Waals surface area contributed by atoms with E-state index in [1.807, 2.05) is 7.11 Å². The highest BCUT2D eigenvalue weighted by atomic mass is 16.5. The molecule has 1 unspecified atom stereocenters. The zero-order chi connectivity index (χ0) is 15.5. The van der Waals surface area contributed by atoms with Gasteiger partial charge in [-0.15, -0.1) is 0 Å². The molecule has 1 aliphatic carbocycles. The van der Waals surface area contributed by atoms with Crippen LogP contribution in [0, 0.1) is 13.8 Å². The fourth-order valence-electron chi connectivity index (χ4n) is 3.68. The third-order valence-electron chi connectivity index (χ3n) is 5.01. The quantitative estimate of drug-likeness (QED) is 0.861. The highest BCUT2D eigenvalue weighted by Crippen LogP contribution is 2.45. The van der Waals surface area contributed by atoms with Crippen LogP contribution in [0.1, 0.15) is 55.3 Å². The van der Waals surface area contributed by atoms with E-state index in [-0.39, 0.29) is 11.6 Å². The molecule has 0 heterocycles.